The Morgan fingerprint density at radius 2 is 1.48 bits per heavy atom. The molecule has 0 fully saturated rings. The van der Waals surface area contributed by atoms with Gasteiger partial charge in [0.15, 0.2) is 0 Å². The number of hydrogen-bond acceptors (Lipinski definition) is 1. The van der Waals surface area contributed by atoms with Crippen LogP contribution in [0.25, 0.3) is 30.1 Å². The Labute approximate surface area is 134 Å². The first kappa shape index (κ1) is 13.1. The van der Waals surface area contributed by atoms with Crippen LogP contribution in [0, 0.1) is 6.92 Å². The van der Waals surface area contributed by atoms with Crippen molar-refractivity contribution in [2.24, 2.45) is 0 Å². The zero-order valence-corrected chi connectivity index (χ0v) is 14.2. The van der Waals surface area contributed by atoms with Crippen molar-refractivity contribution >= 4 is 36.6 Å². The van der Waals surface area contributed by atoms with Crippen LogP contribution in [0.15, 0.2) is 66.0 Å². The van der Waals surface area contributed by atoms with E-state index in [1.807, 2.05) is 11.3 Å². The molecule has 0 nitrogen and oxygen atoms in total. The van der Waals surface area contributed by atoms with E-state index < -0.39 is 0 Å². The van der Waals surface area contributed by atoms with Crippen molar-refractivity contribution in [3.63, 3.8) is 0 Å². The Balaban J connectivity index is 2.00. The second-order valence-corrected chi connectivity index (χ2v) is 8.24. The first-order valence-corrected chi connectivity index (χ1v) is 9.54. The van der Waals surface area contributed by atoms with E-state index in [1.165, 1.54) is 35.7 Å². The summed E-state index contributed by atoms with van der Waals surface area (Å²) >= 11 is 2.23. The SMILES string of the molecule is Cc1ccc(-c2[se]c(-c3cccs3)c3ccccc23)cc1. The standard InChI is InChI=1S/C19H14SSe/c1-13-8-10-14(11-9-13)18-15-5-2-3-6-16(15)19(21-18)17-7-4-12-20-17/h2-12H,1H3. The van der Waals surface area contributed by atoms with Gasteiger partial charge in [-0.25, -0.2) is 0 Å². The van der Waals surface area contributed by atoms with Gasteiger partial charge in [-0.05, 0) is 0 Å². The molecule has 0 unspecified atom stereocenters. The number of aryl methyl sites for hydroxylation is 1. The molecule has 0 aliphatic heterocycles. The zero-order valence-electron chi connectivity index (χ0n) is 11.7. The Morgan fingerprint density at radius 3 is 2.14 bits per heavy atom. The van der Waals surface area contributed by atoms with Gasteiger partial charge in [-0.2, -0.15) is 0 Å². The van der Waals surface area contributed by atoms with Gasteiger partial charge in [-0.3, -0.25) is 0 Å². The average Bonchev–Trinajstić information content (AvgIpc) is 3.15. The molecule has 0 atom stereocenters. The van der Waals surface area contributed by atoms with Crippen molar-refractivity contribution in [2.45, 2.75) is 6.92 Å². The summed E-state index contributed by atoms with van der Waals surface area (Å²) in [5, 5.41) is 5.02. The molecule has 2 aromatic carbocycles. The van der Waals surface area contributed by atoms with Crippen LogP contribution in [0.1, 0.15) is 5.56 Å². The molecule has 4 aromatic rings. The van der Waals surface area contributed by atoms with Crippen LogP contribution in [0.3, 0.4) is 0 Å². The predicted octanol–water partition coefficient (Wildman–Crippen LogP) is 5.60. The molecule has 2 heteroatoms. The Morgan fingerprint density at radius 1 is 0.762 bits per heavy atom. The average molecular weight is 353 g/mol. The number of rotatable bonds is 2. The van der Waals surface area contributed by atoms with E-state index in [9.17, 15) is 0 Å². The molecule has 0 aliphatic rings. The van der Waals surface area contributed by atoms with Crippen molar-refractivity contribution in [3.8, 4) is 19.3 Å². The van der Waals surface area contributed by atoms with E-state index in [0.29, 0.717) is 14.5 Å². The van der Waals surface area contributed by atoms with E-state index in [1.54, 1.807) is 0 Å². The van der Waals surface area contributed by atoms with Gasteiger partial charge in [-0.1, -0.05) is 0 Å². The summed E-state index contributed by atoms with van der Waals surface area (Å²) in [5.74, 6) is 0. The van der Waals surface area contributed by atoms with Gasteiger partial charge in [0.25, 0.3) is 0 Å². The maximum absolute atomic E-state index is 2.27. The molecule has 0 bridgehead atoms. The number of fused-ring (bicyclic) bond motifs is 1. The third kappa shape index (κ3) is 2.30. The minimum atomic E-state index is 0.379. The molecule has 2 heterocycles. The molecular formula is C19H14SSe. The molecule has 21 heavy (non-hydrogen) atoms. The van der Waals surface area contributed by atoms with Gasteiger partial charge in [0.1, 0.15) is 0 Å². The second-order valence-electron chi connectivity index (χ2n) is 5.15. The van der Waals surface area contributed by atoms with Crippen LogP contribution in [0.4, 0.5) is 0 Å². The maximum atomic E-state index is 2.27. The predicted molar refractivity (Wildman–Crippen MR) is 94.4 cm³/mol. The molecule has 2 aromatic heterocycles. The summed E-state index contributed by atoms with van der Waals surface area (Å²) in [6.45, 7) is 2.14. The molecule has 0 aliphatic carbocycles. The summed E-state index contributed by atoms with van der Waals surface area (Å²) in [4.78, 5) is 1.42. The van der Waals surface area contributed by atoms with Crippen LogP contribution in [0.5, 0.6) is 0 Å². The van der Waals surface area contributed by atoms with Gasteiger partial charge in [0.05, 0.1) is 0 Å². The molecule has 0 amide bonds. The fourth-order valence-corrected chi connectivity index (χ4v) is 6.32. The molecule has 0 saturated heterocycles. The fraction of sp³-hybridized carbons (Fsp3) is 0.0526. The van der Waals surface area contributed by atoms with Gasteiger partial charge >= 0.3 is 134 Å². The zero-order chi connectivity index (χ0) is 14.2. The number of thiophene rings is 1. The van der Waals surface area contributed by atoms with Crippen LogP contribution in [-0.4, -0.2) is 14.5 Å². The summed E-state index contributed by atoms with van der Waals surface area (Å²) < 4.78 is 3.05. The third-order valence-electron chi connectivity index (χ3n) is 3.68. The van der Waals surface area contributed by atoms with Crippen molar-refractivity contribution in [2.75, 3.05) is 0 Å². The Bertz CT molecular complexity index is 883. The third-order valence-corrected chi connectivity index (χ3v) is 7.59. The first-order chi connectivity index (χ1) is 10.3. The van der Waals surface area contributed by atoms with Crippen molar-refractivity contribution in [1.29, 1.82) is 0 Å². The van der Waals surface area contributed by atoms with E-state index in [0.717, 1.165) is 0 Å². The first-order valence-electron chi connectivity index (χ1n) is 6.95. The molecule has 4 rings (SSSR count). The van der Waals surface area contributed by atoms with Crippen LogP contribution in [0.2, 0.25) is 0 Å². The topological polar surface area (TPSA) is 0 Å². The van der Waals surface area contributed by atoms with Gasteiger partial charge < -0.3 is 0 Å². The van der Waals surface area contributed by atoms with E-state index in [2.05, 4.69) is 73.0 Å². The normalized spacial score (nSPS) is 11.1. The molecule has 0 N–H and O–H groups in total. The molecule has 0 spiro atoms. The molecule has 0 saturated carbocycles. The minimum absolute atomic E-state index is 0.379. The Hall–Kier alpha value is -1.60. The van der Waals surface area contributed by atoms with Crippen molar-refractivity contribution in [3.05, 3.63) is 71.6 Å². The number of hydrogen-bond donors (Lipinski definition) is 0. The quantitative estimate of drug-likeness (QED) is 0.412. The number of benzene rings is 2. The van der Waals surface area contributed by atoms with Crippen molar-refractivity contribution < 1.29 is 0 Å². The van der Waals surface area contributed by atoms with E-state index in [4.69, 9.17) is 0 Å². The van der Waals surface area contributed by atoms with E-state index in [-0.39, 0.29) is 0 Å². The summed E-state index contributed by atoms with van der Waals surface area (Å²) in [6, 6.07) is 22.2. The van der Waals surface area contributed by atoms with Crippen molar-refractivity contribution in [1.82, 2.24) is 0 Å². The van der Waals surface area contributed by atoms with Crippen LogP contribution in [-0.2, 0) is 0 Å². The molecule has 102 valence electrons. The van der Waals surface area contributed by atoms with Crippen LogP contribution < -0.4 is 0 Å². The summed E-state index contributed by atoms with van der Waals surface area (Å²) in [5.41, 5.74) is 2.69. The van der Waals surface area contributed by atoms with Gasteiger partial charge in [0, 0.05) is 0 Å². The van der Waals surface area contributed by atoms with Gasteiger partial charge in [-0.15, -0.1) is 0 Å². The van der Waals surface area contributed by atoms with Crippen LogP contribution >= 0.6 is 11.3 Å². The summed E-state index contributed by atoms with van der Waals surface area (Å²) in [7, 11) is 0. The fourth-order valence-electron chi connectivity index (χ4n) is 2.60. The van der Waals surface area contributed by atoms with Gasteiger partial charge in [0.2, 0.25) is 0 Å². The second kappa shape index (κ2) is 5.31. The van der Waals surface area contributed by atoms with E-state index >= 15 is 0 Å². The monoisotopic (exact) mass is 354 g/mol. The molecule has 0 radical (unpaired) electrons. The summed E-state index contributed by atoms with van der Waals surface area (Å²) in [6.07, 6.45) is 0. The Kier molecular flexibility index (Phi) is 3.31. The molecular weight excluding hydrogens is 339 g/mol.